The fourth-order valence-electron chi connectivity index (χ4n) is 0.485. The molecule has 5 heteroatoms. The van der Waals surface area contributed by atoms with Gasteiger partial charge in [0.2, 0.25) is 0 Å². The molecule has 0 rings (SSSR count). The molecule has 0 heterocycles. The van der Waals surface area contributed by atoms with E-state index in [-0.39, 0.29) is 16.8 Å². The zero-order valence-electron chi connectivity index (χ0n) is 8.89. The third-order valence-electron chi connectivity index (χ3n) is 2.47. The zero-order valence-corrected chi connectivity index (χ0v) is 10.6. The second kappa shape index (κ2) is 4.44. The van der Waals surface area contributed by atoms with E-state index in [2.05, 4.69) is 39.0 Å². The predicted molar refractivity (Wildman–Crippen MR) is 58.2 cm³/mol. The zero-order chi connectivity index (χ0) is 10.7. The van der Waals surface area contributed by atoms with Crippen molar-refractivity contribution in [3.63, 3.8) is 0 Å². The maximum Gasteiger partial charge on any atom is 0.192 e. The summed E-state index contributed by atoms with van der Waals surface area (Å²) < 4.78 is 5.66. The maximum atomic E-state index is 8.33. The largest absolute Gasteiger partial charge is 0.410 e. The van der Waals surface area contributed by atoms with Crippen LogP contribution in [0, 0.1) is 0 Å². The molecule has 0 saturated carbocycles. The lowest BCUT2D eigenvalue weighted by Gasteiger charge is -2.35. The first kappa shape index (κ1) is 12.9. The first-order valence-corrected chi connectivity index (χ1v) is 7.50. The average molecular weight is 224 g/mol. The lowest BCUT2D eigenvalue weighted by Crippen LogP contribution is -2.41. The Hall–Kier alpha value is -0.0631. The first-order chi connectivity index (χ1) is 5.70. The third kappa shape index (κ3) is 4.11. The van der Waals surface area contributed by atoms with Crippen LogP contribution < -0.4 is 0 Å². The van der Waals surface area contributed by atoms with Crippen molar-refractivity contribution >= 4 is 25.1 Å². The Balaban J connectivity index is 4.20. The van der Waals surface area contributed by atoms with Crippen molar-refractivity contribution in [2.75, 3.05) is 6.61 Å². The van der Waals surface area contributed by atoms with Crippen LogP contribution in [0.4, 0.5) is 0 Å². The summed E-state index contributed by atoms with van der Waals surface area (Å²) in [6, 6.07) is 0. The fourth-order valence-corrected chi connectivity index (χ4v) is 1.56. The van der Waals surface area contributed by atoms with Gasteiger partial charge in [-0.15, -0.1) is 0 Å². The minimum absolute atomic E-state index is 0.102. The number of rotatable bonds is 3. The number of hydrogen-bond donors (Lipinski definition) is 1. The molecular formula is C8H18ClNO2Si. The van der Waals surface area contributed by atoms with Gasteiger partial charge in [0.25, 0.3) is 0 Å². The molecule has 3 nitrogen and oxygen atoms in total. The monoisotopic (exact) mass is 223 g/mol. The molecule has 78 valence electrons. The average Bonchev–Trinajstić information content (AvgIpc) is 1.98. The van der Waals surface area contributed by atoms with E-state index in [1.165, 1.54) is 0 Å². The van der Waals surface area contributed by atoms with Gasteiger partial charge in [-0.25, -0.2) is 0 Å². The second-order valence-corrected chi connectivity index (χ2v) is 9.77. The highest BCUT2D eigenvalue weighted by Crippen LogP contribution is 2.36. The molecule has 0 atom stereocenters. The third-order valence-corrected chi connectivity index (χ3v) is 7.13. The van der Waals surface area contributed by atoms with Gasteiger partial charge in [0.1, 0.15) is 0 Å². The SMILES string of the molecule is CC(C)(C)[Si](C)(C)OCC(Cl)=NO. The van der Waals surface area contributed by atoms with Gasteiger partial charge in [0, 0.05) is 0 Å². The van der Waals surface area contributed by atoms with Gasteiger partial charge in [0.15, 0.2) is 13.5 Å². The normalized spacial score (nSPS) is 14.8. The lowest BCUT2D eigenvalue weighted by atomic mass is 10.2. The summed E-state index contributed by atoms with van der Waals surface area (Å²) in [5.41, 5.74) is 0. The van der Waals surface area contributed by atoms with Gasteiger partial charge in [-0.05, 0) is 18.1 Å². The maximum absolute atomic E-state index is 8.33. The number of halogens is 1. The highest BCUT2D eigenvalue weighted by Gasteiger charge is 2.37. The van der Waals surface area contributed by atoms with Gasteiger partial charge in [-0.2, -0.15) is 0 Å². The Labute approximate surface area is 85.9 Å². The van der Waals surface area contributed by atoms with Gasteiger partial charge in [-0.3, -0.25) is 0 Å². The van der Waals surface area contributed by atoms with E-state index >= 15 is 0 Å². The molecule has 0 aliphatic carbocycles. The Bertz CT molecular complexity index is 199. The van der Waals surface area contributed by atoms with Crippen molar-refractivity contribution in [1.82, 2.24) is 0 Å². The highest BCUT2D eigenvalue weighted by atomic mass is 35.5. The number of hydrogen-bond acceptors (Lipinski definition) is 3. The Morgan fingerprint density at radius 3 is 2.23 bits per heavy atom. The molecule has 0 unspecified atom stereocenters. The Morgan fingerprint density at radius 1 is 1.46 bits per heavy atom. The first-order valence-electron chi connectivity index (χ1n) is 4.21. The van der Waals surface area contributed by atoms with Crippen LogP contribution in [0.5, 0.6) is 0 Å². The van der Waals surface area contributed by atoms with Gasteiger partial charge >= 0.3 is 0 Å². The van der Waals surface area contributed by atoms with Crippen molar-refractivity contribution in [3.05, 3.63) is 0 Å². The van der Waals surface area contributed by atoms with E-state index in [1.807, 2.05) is 0 Å². The van der Waals surface area contributed by atoms with Crippen molar-refractivity contribution in [1.29, 1.82) is 0 Å². The van der Waals surface area contributed by atoms with E-state index in [0.29, 0.717) is 0 Å². The van der Waals surface area contributed by atoms with Crippen molar-refractivity contribution < 1.29 is 9.63 Å². The van der Waals surface area contributed by atoms with Gasteiger partial charge < -0.3 is 9.63 Å². The number of nitrogens with zero attached hydrogens (tertiary/aromatic N) is 1. The van der Waals surface area contributed by atoms with Gasteiger partial charge in [-0.1, -0.05) is 37.5 Å². The molecule has 0 spiro atoms. The lowest BCUT2D eigenvalue weighted by molar-refractivity contribution is 0.303. The second-order valence-electron chi connectivity index (χ2n) is 4.53. The van der Waals surface area contributed by atoms with Crippen LogP contribution in [0.15, 0.2) is 5.16 Å². The van der Waals surface area contributed by atoms with Crippen molar-refractivity contribution in [2.24, 2.45) is 5.16 Å². The molecule has 0 aromatic carbocycles. The summed E-state index contributed by atoms with van der Waals surface area (Å²) in [6.45, 7) is 10.9. The Kier molecular flexibility index (Phi) is 4.42. The number of oxime groups is 1. The van der Waals surface area contributed by atoms with Gasteiger partial charge in [0.05, 0.1) is 6.61 Å². The molecule has 13 heavy (non-hydrogen) atoms. The quantitative estimate of drug-likeness (QED) is 0.346. The topological polar surface area (TPSA) is 41.8 Å². The van der Waals surface area contributed by atoms with E-state index in [4.69, 9.17) is 21.2 Å². The predicted octanol–water partition coefficient (Wildman–Crippen LogP) is 3.03. The summed E-state index contributed by atoms with van der Waals surface area (Å²) >= 11 is 5.52. The summed E-state index contributed by atoms with van der Waals surface area (Å²) in [7, 11) is -1.76. The van der Waals surface area contributed by atoms with Crippen LogP contribution >= 0.6 is 11.6 Å². The molecule has 0 amide bonds. The minimum atomic E-state index is -1.76. The summed E-state index contributed by atoms with van der Waals surface area (Å²) in [5, 5.41) is 11.4. The van der Waals surface area contributed by atoms with Crippen LogP contribution in [0.2, 0.25) is 18.1 Å². The smallest absolute Gasteiger partial charge is 0.192 e. The molecule has 0 aromatic heterocycles. The summed E-state index contributed by atoms with van der Waals surface area (Å²) in [4.78, 5) is 0. The van der Waals surface area contributed by atoms with Crippen LogP contribution in [0.25, 0.3) is 0 Å². The van der Waals surface area contributed by atoms with Crippen LogP contribution in [0.3, 0.4) is 0 Å². The highest BCUT2D eigenvalue weighted by molar-refractivity contribution is 6.74. The van der Waals surface area contributed by atoms with Crippen LogP contribution in [-0.4, -0.2) is 25.3 Å². The summed E-state index contributed by atoms with van der Waals surface area (Å²) in [5.74, 6) is 0. The van der Waals surface area contributed by atoms with E-state index in [0.717, 1.165) is 0 Å². The molecule has 0 aliphatic rings. The standard InChI is InChI=1S/C8H18ClNO2Si/c1-8(2,3)13(4,5)12-6-7(9)10-11/h11H,6H2,1-5H3. The molecule has 0 aliphatic heterocycles. The molecule has 1 N–H and O–H groups in total. The van der Waals surface area contributed by atoms with Crippen LogP contribution in [-0.2, 0) is 4.43 Å². The molecule has 0 bridgehead atoms. The summed E-state index contributed by atoms with van der Waals surface area (Å²) in [6.07, 6.45) is 0. The van der Waals surface area contributed by atoms with E-state index in [1.54, 1.807) is 0 Å². The minimum Gasteiger partial charge on any atom is -0.410 e. The molecule has 0 saturated heterocycles. The molecule has 0 radical (unpaired) electrons. The molecule has 0 aromatic rings. The fraction of sp³-hybridized carbons (Fsp3) is 0.875. The van der Waals surface area contributed by atoms with Crippen LogP contribution in [0.1, 0.15) is 20.8 Å². The van der Waals surface area contributed by atoms with Crippen molar-refractivity contribution in [3.8, 4) is 0 Å². The van der Waals surface area contributed by atoms with E-state index < -0.39 is 8.32 Å². The Morgan fingerprint density at radius 2 is 1.92 bits per heavy atom. The van der Waals surface area contributed by atoms with Crippen molar-refractivity contribution in [2.45, 2.75) is 38.9 Å². The molecular weight excluding hydrogens is 206 g/mol. The van der Waals surface area contributed by atoms with E-state index in [9.17, 15) is 0 Å². The molecule has 0 fully saturated rings.